The van der Waals surface area contributed by atoms with Gasteiger partial charge < -0.3 is 0 Å². The highest BCUT2D eigenvalue weighted by molar-refractivity contribution is 7.89. The maximum Gasteiger partial charge on any atom is 0.242 e. The summed E-state index contributed by atoms with van der Waals surface area (Å²) in [5, 5.41) is 0. The molecule has 0 aliphatic carbocycles. The molecule has 0 saturated heterocycles. The number of nitrogens with zero attached hydrogens (tertiary/aromatic N) is 1. The maximum absolute atomic E-state index is 12.7. The average Bonchev–Trinajstić information content (AvgIpc) is 2.17. The molecule has 3 nitrogen and oxygen atoms in total. The summed E-state index contributed by atoms with van der Waals surface area (Å²) in [4.78, 5) is 0.122. The van der Waals surface area contributed by atoms with E-state index in [-0.39, 0.29) is 10.8 Å². The number of rotatable bonds is 4. The van der Waals surface area contributed by atoms with Gasteiger partial charge in [-0.1, -0.05) is 13.8 Å². The molecule has 1 aromatic rings. The molecule has 0 aliphatic rings. The van der Waals surface area contributed by atoms with Gasteiger partial charge in [-0.25, -0.2) is 17.1 Å². The van der Waals surface area contributed by atoms with Gasteiger partial charge in [0.2, 0.25) is 10.0 Å². The Morgan fingerprint density at radius 1 is 1.25 bits per heavy atom. The predicted molar refractivity (Wildman–Crippen MR) is 61.1 cm³/mol. The Morgan fingerprint density at radius 3 is 2.19 bits per heavy atom. The predicted octanol–water partition coefficient (Wildman–Crippen LogP) is 2.10. The van der Waals surface area contributed by atoms with E-state index in [1.807, 2.05) is 13.8 Å². The van der Waals surface area contributed by atoms with Crippen LogP contribution in [0.1, 0.15) is 13.8 Å². The summed E-state index contributed by atoms with van der Waals surface area (Å²) in [5.41, 5.74) is 0. The Hall–Kier alpha value is -0.940. The largest absolute Gasteiger partial charge is 0.242 e. The smallest absolute Gasteiger partial charge is 0.207 e. The fourth-order valence-corrected chi connectivity index (χ4v) is 2.73. The third-order valence-corrected chi connectivity index (χ3v) is 3.98. The Morgan fingerprint density at radius 2 is 1.75 bits per heavy atom. The monoisotopic (exact) mass is 245 g/mol. The second kappa shape index (κ2) is 4.93. The van der Waals surface area contributed by atoms with E-state index in [4.69, 9.17) is 0 Å². The molecular weight excluding hydrogens is 229 g/mol. The second-order valence-corrected chi connectivity index (χ2v) is 6.18. The molecule has 0 atom stereocenters. The van der Waals surface area contributed by atoms with Gasteiger partial charge >= 0.3 is 0 Å². The highest BCUT2D eigenvalue weighted by Crippen LogP contribution is 2.15. The molecule has 0 amide bonds. The third-order valence-electron chi connectivity index (χ3n) is 2.14. The molecule has 0 N–H and O–H groups in total. The van der Waals surface area contributed by atoms with Crippen LogP contribution in [0.15, 0.2) is 29.2 Å². The first-order chi connectivity index (χ1) is 7.34. The molecule has 0 heterocycles. The Labute approximate surface area is 95.9 Å². The van der Waals surface area contributed by atoms with Crippen molar-refractivity contribution in [3.63, 3.8) is 0 Å². The normalized spacial score (nSPS) is 12.4. The fraction of sp³-hybridized carbons (Fsp3) is 0.455. The van der Waals surface area contributed by atoms with Crippen molar-refractivity contribution in [2.75, 3.05) is 13.6 Å². The van der Waals surface area contributed by atoms with Crippen LogP contribution in [0.4, 0.5) is 4.39 Å². The summed E-state index contributed by atoms with van der Waals surface area (Å²) < 4.78 is 37.9. The van der Waals surface area contributed by atoms with Crippen LogP contribution in [0.3, 0.4) is 0 Å². The number of sulfonamides is 1. The van der Waals surface area contributed by atoms with Crippen molar-refractivity contribution in [2.24, 2.45) is 5.92 Å². The topological polar surface area (TPSA) is 37.4 Å². The zero-order valence-corrected chi connectivity index (χ0v) is 10.5. The lowest BCUT2D eigenvalue weighted by Crippen LogP contribution is -2.30. The molecule has 0 aromatic heterocycles. The molecule has 0 aliphatic heterocycles. The maximum atomic E-state index is 12.7. The summed E-state index contributed by atoms with van der Waals surface area (Å²) in [6.45, 7) is 4.33. The van der Waals surface area contributed by atoms with Gasteiger partial charge in [0.25, 0.3) is 0 Å². The first-order valence-corrected chi connectivity index (χ1v) is 6.50. The van der Waals surface area contributed by atoms with E-state index in [2.05, 4.69) is 0 Å². The number of hydrogen-bond donors (Lipinski definition) is 0. The van der Waals surface area contributed by atoms with Crippen LogP contribution in [0.25, 0.3) is 0 Å². The van der Waals surface area contributed by atoms with Gasteiger partial charge in [0.1, 0.15) is 5.82 Å². The third kappa shape index (κ3) is 3.02. The molecule has 0 radical (unpaired) electrons. The number of hydrogen-bond acceptors (Lipinski definition) is 2. The van der Waals surface area contributed by atoms with Gasteiger partial charge in [-0.15, -0.1) is 0 Å². The van der Waals surface area contributed by atoms with Crippen LogP contribution in [0.2, 0.25) is 0 Å². The van der Waals surface area contributed by atoms with Crippen LogP contribution >= 0.6 is 0 Å². The minimum Gasteiger partial charge on any atom is -0.207 e. The molecule has 0 saturated carbocycles. The summed E-state index contributed by atoms with van der Waals surface area (Å²) in [6.07, 6.45) is 0. The standard InChI is InChI=1S/C11H16FNO2S/c1-9(2)8-13(3)16(14,15)11-6-4-10(12)5-7-11/h4-7,9H,8H2,1-3H3. The van der Waals surface area contributed by atoms with E-state index in [1.165, 1.54) is 23.5 Å². The molecular formula is C11H16FNO2S. The van der Waals surface area contributed by atoms with Gasteiger partial charge in [-0.2, -0.15) is 0 Å². The lowest BCUT2D eigenvalue weighted by molar-refractivity contribution is 0.417. The van der Waals surface area contributed by atoms with Crippen molar-refractivity contribution in [3.05, 3.63) is 30.1 Å². The Kier molecular flexibility index (Phi) is 4.04. The summed E-state index contributed by atoms with van der Waals surface area (Å²) in [5.74, 6) is -0.189. The van der Waals surface area contributed by atoms with E-state index in [0.29, 0.717) is 6.54 Å². The zero-order chi connectivity index (χ0) is 12.3. The van der Waals surface area contributed by atoms with Gasteiger partial charge in [0.05, 0.1) is 4.90 Å². The van der Waals surface area contributed by atoms with Crippen molar-refractivity contribution in [1.82, 2.24) is 4.31 Å². The van der Waals surface area contributed by atoms with Crippen molar-refractivity contribution in [3.8, 4) is 0 Å². The first kappa shape index (κ1) is 13.1. The van der Waals surface area contributed by atoms with E-state index in [9.17, 15) is 12.8 Å². The molecule has 0 bridgehead atoms. The minimum absolute atomic E-state index is 0.122. The SMILES string of the molecule is CC(C)CN(C)S(=O)(=O)c1ccc(F)cc1. The molecule has 0 spiro atoms. The molecule has 1 aromatic carbocycles. The quantitative estimate of drug-likeness (QED) is 0.814. The lowest BCUT2D eigenvalue weighted by atomic mass is 10.2. The van der Waals surface area contributed by atoms with Crippen molar-refractivity contribution >= 4 is 10.0 Å². The average molecular weight is 245 g/mol. The van der Waals surface area contributed by atoms with E-state index in [1.54, 1.807) is 0 Å². The van der Waals surface area contributed by atoms with Gasteiger partial charge in [-0.05, 0) is 30.2 Å². The fourth-order valence-electron chi connectivity index (χ4n) is 1.40. The summed E-state index contributed by atoms with van der Waals surface area (Å²) >= 11 is 0. The zero-order valence-electron chi connectivity index (χ0n) is 9.64. The van der Waals surface area contributed by atoms with Crippen molar-refractivity contribution < 1.29 is 12.8 Å². The van der Waals surface area contributed by atoms with Crippen LogP contribution in [-0.4, -0.2) is 26.3 Å². The van der Waals surface area contributed by atoms with Gasteiger partial charge in [0.15, 0.2) is 0 Å². The lowest BCUT2D eigenvalue weighted by Gasteiger charge is -2.19. The molecule has 90 valence electrons. The van der Waals surface area contributed by atoms with Gasteiger partial charge in [0, 0.05) is 13.6 Å². The van der Waals surface area contributed by atoms with E-state index < -0.39 is 15.8 Å². The first-order valence-electron chi connectivity index (χ1n) is 5.06. The van der Waals surface area contributed by atoms with Crippen molar-refractivity contribution in [2.45, 2.75) is 18.7 Å². The molecule has 16 heavy (non-hydrogen) atoms. The second-order valence-electron chi connectivity index (χ2n) is 4.13. The Bertz CT molecular complexity index is 440. The number of halogens is 1. The summed E-state index contributed by atoms with van der Waals surface area (Å²) in [7, 11) is -1.96. The summed E-state index contributed by atoms with van der Waals surface area (Å²) in [6, 6.07) is 4.86. The Balaban J connectivity index is 2.97. The van der Waals surface area contributed by atoms with Crippen molar-refractivity contribution in [1.29, 1.82) is 0 Å². The highest BCUT2D eigenvalue weighted by Gasteiger charge is 2.20. The van der Waals surface area contributed by atoms with Crippen LogP contribution in [-0.2, 0) is 10.0 Å². The van der Waals surface area contributed by atoms with E-state index in [0.717, 1.165) is 12.1 Å². The van der Waals surface area contributed by atoms with Gasteiger partial charge in [-0.3, -0.25) is 0 Å². The van der Waals surface area contributed by atoms with Crippen LogP contribution < -0.4 is 0 Å². The molecule has 5 heteroatoms. The number of benzene rings is 1. The molecule has 0 unspecified atom stereocenters. The minimum atomic E-state index is -3.48. The molecule has 0 fully saturated rings. The van der Waals surface area contributed by atoms with Crippen LogP contribution in [0, 0.1) is 11.7 Å². The molecule has 1 rings (SSSR count). The highest BCUT2D eigenvalue weighted by atomic mass is 32.2. The van der Waals surface area contributed by atoms with E-state index >= 15 is 0 Å². The van der Waals surface area contributed by atoms with Crippen LogP contribution in [0.5, 0.6) is 0 Å².